The van der Waals surface area contributed by atoms with Crippen molar-refractivity contribution in [1.29, 1.82) is 0 Å². The minimum atomic E-state index is 0.752. The van der Waals surface area contributed by atoms with Crippen LogP contribution in [0.5, 0.6) is 0 Å². The average Bonchev–Trinajstić information content (AvgIpc) is 2.49. The first-order chi connectivity index (χ1) is 8.63. The monoisotopic (exact) mass is 383 g/mol. The number of pyridine rings is 1. The third-order valence-electron chi connectivity index (χ3n) is 2.98. The summed E-state index contributed by atoms with van der Waals surface area (Å²) in [6.45, 7) is 0. The first kappa shape index (κ1) is 12.6. The Hall–Kier alpha value is -0.380. The Morgan fingerprint density at radius 3 is 2.72 bits per heavy atom. The number of aryl methyl sites for hydroxylation is 2. The first-order valence-electron chi connectivity index (χ1n) is 5.53. The number of hydrogen-bond acceptors (Lipinski definition) is 1. The van der Waals surface area contributed by atoms with Crippen LogP contribution < -0.4 is 0 Å². The molecule has 0 spiro atoms. The summed E-state index contributed by atoms with van der Waals surface area (Å²) in [5, 5.41) is 0.752. The second kappa shape index (κ2) is 4.95. The lowest BCUT2D eigenvalue weighted by molar-refractivity contribution is 0.952. The molecule has 2 aromatic rings. The number of hydrogen-bond donors (Lipinski definition) is 0. The fraction of sp³-hybridized carbons (Fsp3) is 0.143. The van der Waals surface area contributed by atoms with Crippen LogP contribution in [0.3, 0.4) is 0 Å². The van der Waals surface area contributed by atoms with Crippen molar-refractivity contribution in [3.63, 3.8) is 0 Å². The van der Waals surface area contributed by atoms with Crippen LogP contribution in [0.2, 0.25) is 5.02 Å². The molecule has 0 saturated heterocycles. The van der Waals surface area contributed by atoms with Gasteiger partial charge in [0, 0.05) is 20.2 Å². The summed E-state index contributed by atoms with van der Waals surface area (Å²) in [5.41, 5.74) is 4.40. The highest BCUT2D eigenvalue weighted by atomic mass is 79.9. The van der Waals surface area contributed by atoms with Gasteiger partial charge in [0.1, 0.15) is 0 Å². The molecule has 0 N–H and O–H groups in total. The fourth-order valence-electron chi connectivity index (χ4n) is 2.14. The van der Waals surface area contributed by atoms with Gasteiger partial charge in [-0.1, -0.05) is 27.5 Å². The lowest BCUT2D eigenvalue weighted by atomic mass is 10.0. The molecule has 4 heteroatoms. The lowest BCUT2D eigenvalue weighted by Gasteiger charge is -2.08. The Bertz CT molecular complexity index is 625. The Morgan fingerprint density at radius 2 is 1.89 bits per heavy atom. The molecule has 0 fully saturated rings. The summed E-state index contributed by atoms with van der Waals surface area (Å²) in [6, 6.07) is 6.02. The van der Waals surface area contributed by atoms with E-state index in [-0.39, 0.29) is 0 Å². The van der Waals surface area contributed by atoms with E-state index in [4.69, 9.17) is 11.6 Å². The quantitative estimate of drug-likeness (QED) is 0.633. The molecule has 1 heterocycles. The van der Waals surface area contributed by atoms with E-state index in [0.717, 1.165) is 38.1 Å². The van der Waals surface area contributed by atoms with E-state index < -0.39 is 0 Å². The highest BCUT2D eigenvalue weighted by Crippen LogP contribution is 2.33. The fourth-order valence-corrected chi connectivity index (χ4v) is 3.49. The molecule has 2 radical (unpaired) electrons. The van der Waals surface area contributed by atoms with Crippen LogP contribution in [0.25, 0.3) is 0 Å². The van der Waals surface area contributed by atoms with Crippen LogP contribution >= 0.6 is 43.5 Å². The lowest BCUT2D eigenvalue weighted by Crippen LogP contribution is -1.94. The number of nitrogens with zero attached hydrogens (tertiary/aromatic N) is 1. The van der Waals surface area contributed by atoms with Gasteiger partial charge in [-0.05, 0) is 63.7 Å². The summed E-state index contributed by atoms with van der Waals surface area (Å²) in [6.07, 6.45) is 7.10. The SMILES string of the molecule is Clc1cc(Br)c2c(c1)CCc1cc(Br)cnc1[C]2. The maximum Gasteiger partial charge on any atom is 0.0723 e. The molecule has 3 rings (SSSR count). The molecule has 1 nitrogen and oxygen atoms in total. The Balaban J connectivity index is 2.12. The second-order valence-electron chi connectivity index (χ2n) is 4.21. The zero-order chi connectivity index (χ0) is 12.7. The maximum atomic E-state index is 6.09. The molecule has 1 aliphatic carbocycles. The van der Waals surface area contributed by atoms with Crippen molar-refractivity contribution in [2.24, 2.45) is 0 Å². The van der Waals surface area contributed by atoms with Crippen LogP contribution in [0, 0.1) is 6.42 Å². The third-order valence-corrected chi connectivity index (χ3v) is 4.25. The number of benzene rings is 1. The van der Waals surface area contributed by atoms with E-state index in [0.29, 0.717) is 0 Å². The van der Waals surface area contributed by atoms with Gasteiger partial charge < -0.3 is 0 Å². The van der Waals surface area contributed by atoms with Crippen molar-refractivity contribution >= 4 is 43.5 Å². The van der Waals surface area contributed by atoms with Crippen molar-refractivity contribution in [1.82, 2.24) is 4.98 Å². The Morgan fingerprint density at radius 1 is 1.11 bits per heavy atom. The maximum absolute atomic E-state index is 6.09. The van der Waals surface area contributed by atoms with Gasteiger partial charge in [-0.3, -0.25) is 4.98 Å². The summed E-state index contributed by atoms with van der Waals surface area (Å²) in [7, 11) is 0. The summed E-state index contributed by atoms with van der Waals surface area (Å²) >= 11 is 13.1. The minimum absolute atomic E-state index is 0.752. The Kier molecular flexibility index (Phi) is 3.48. The van der Waals surface area contributed by atoms with Crippen molar-refractivity contribution < 1.29 is 0 Å². The predicted octanol–water partition coefficient (Wildman–Crippen LogP) is 4.84. The topological polar surface area (TPSA) is 12.9 Å². The zero-order valence-electron chi connectivity index (χ0n) is 9.30. The highest BCUT2D eigenvalue weighted by Gasteiger charge is 2.18. The third kappa shape index (κ3) is 2.36. The normalized spacial score (nSPS) is 13.7. The Labute approximate surface area is 128 Å². The molecule has 1 aliphatic rings. The molecule has 0 aliphatic heterocycles. The highest BCUT2D eigenvalue weighted by molar-refractivity contribution is 9.10. The van der Waals surface area contributed by atoms with Crippen molar-refractivity contribution in [2.45, 2.75) is 12.8 Å². The van der Waals surface area contributed by atoms with E-state index in [1.54, 1.807) is 6.20 Å². The van der Waals surface area contributed by atoms with Crippen LogP contribution in [0.1, 0.15) is 22.4 Å². The van der Waals surface area contributed by atoms with Crippen LogP contribution in [-0.4, -0.2) is 4.98 Å². The first-order valence-corrected chi connectivity index (χ1v) is 7.49. The van der Waals surface area contributed by atoms with Crippen LogP contribution in [0.4, 0.5) is 0 Å². The molecule has 0 saturated carbocycles. The molecule has 0 atom stereocenters. The largest absolute Gasteiger partial charge is 0.259 e. The number of fused-ring (bicyclic) bond motifs is 2. The summed E-state index contributed by atoms with van der Waals surface area (Å²) in [4.78, 5) is 4.43. The predicted molar refractivity (Wildman–Crippen MR) is 79.9 cm³/mol. The number of rotatable bonds is 0. The molecular formula is C14H8Br2ClN. The van der Waals surface area contributed by atoms with E-state index >= 15 is 0 Å². The molecule has 1 aromatic heterocycles. The number of halogens is 3. The molecular weight excluding hydrogens is 377 g/mol. The van der Waals surface area contributed by atoms with Crippen molar-refractivity contribution in [3.05, 3.63) is 67.2 Å². The minimum Gasteiger partial charge on any atom is -0.259 e. The van der Waals surface area contributed by atoms with Crippen LogP contribution in [-0.2, 0) is 12.8 Å². The molecule has 18 heavy (non-hydrogen) atoms. The zero-order valence-corrected chi connectivity index (χ0v) is 13.2. The summed E-state index contributed by atoms with van der Waals surface area (Å²) < 4.78 is 1.98. The molecule has 0 unspecified atom stereocenters. The van der Waals surface area contributed by atoms with Gasteiger partial charge in [-0.25, -0.2) is 0 Å². The van der Waals surface area contributed by atoms with E-state index in [2.05, 4.69) is 49.3 Å². The van der Waals surface area contributed by atoms with Crippen LogP contribution in [0.15, 0.2) is 33.3 Å². The van der Waals surface area contributed by atoms with Gasteiger partial charge >= 0.3 is 0 Å². The van der Waals surface area contributed by atoms with Crippen molar-refractivity contribution in [2.75, 3.05) is 0 Å². The van der Waals surface area contributed by atoms with E-state index in [1.807, 2.05) is 12.1 Å². The van der Waals surface area contributed by atoms with Gasteiger partial charge in [0.2, 0.25) is 0 Å². The standard InChI is InChI=1S/C14H8Br2ClN/c15-10-3-9-2-1-8-4-11(17)5-13(16)12(8)6-14(9)18-7-10/h3-5,7H,1-2H2. The molecule has 0 amide bonds. The molecule has 0 bridgehead atoms. The van der Waals surface area contributed by atoms with Gasteiger partial charge in [-0.15, -0.1) is 0 Å². The summed E-state index contributed by atoms with van der Waals surface area (Å²) in [5.74, 6) is 0. The van der Waals surface area contributed by atoms with Gasteiger partial charge in [0.05, 0.1) is 12.1 Å². The van der Waals surface area contributed by atoms with Gasteiger partial charge in [-0.2, -0.15) is 0 Å². The van der Waals surface area contributed by atoms with E-state index in [9.17, 15) is 0 Å². The molecule has 1 aromatic carbocycles. The van der Waals surface area contributed by atoms with E-state index in [1.165, 1.54) is 11.1 Å². The van der Waals surface area contributed by atoms with Crippen molar-refractivity contribution in [3.8, 4) is 0 Å². The average molecular weight is 385 g/mol. The van der Waals surface area contributed by atoms with Gasteiger partial charge in [0.15, 0.2) is 0 Å². The second-order valence-corrected chi connectivity index (χ2v) is 6.41. The molecule has 90 valence electrons. The van der Waals surface area contributed by atoms with Gasteiger partial charge in [0.25, 0.3) is 0 Å². The number of aromatic nitrogens is 1. The smallest absolute Gasteiger partial charge is 0.0723 e.